The van der Waals surface area contributed by atoms with E-state index in [1.165, 1.54) is 24.3 Å². The van der Waals surface area contributed by atoms with Crippen LogP contribution in [-0.4, -0.2) is 30.0 Å². The molecule has 8 heteroatoms. The first-order chi connectivity index (χ1) is 12.4. The maximum absolute atomic E-state index is 12.3. The smallest absolute Gasteiger partial charge is 0.266 e. The van der Waals surface area contributed by atoms with Gasteiger partial charge in [-0.15, -0.1) is 0 Å². The van der Waals surface area contributed by atoms with E-state index < -0.39 is 25.7 Å². The van der Waals surface area contributed by atoms with E-state index in [-0.39, 0.29) is 23.0 Å². The van der Waals surface area contributed by atoms with Crippen molar-refractivity contribution in [1.29, 1.82) is 0 Å². The SMILES string of the molecule is Cc1ccc(S(=O)(=O)OCC(C)(C)COS(=O)(=O)c2ccc(C)cc2)cc1. The molecule has 0 aromatic heterocycles. The maximum Gasteiger partial charge on any atom is 0.296 e. The van der Waals surface area contributed by atoms with Crippen LogP contribution in [0.4, 0.5) is 0 Å². The van der Waals surface area contributed by atoms with Crippen molar-refractivity contribution < 1.29 is 25.2 Å². The van der Waals surface area contributed by atoms with E-state index in [9.17, 15) is 16.8 Å². The van der Waals surface area contributed by atoms with Crippen molar-refractivity contribution in [3.8, 4) is 0 Å². The van der Waals surface area contributed by atoms with E-state index >= 15 is 0 Å². The zero-order valence-corrected chi connectivity index (χ0v) is 17.4. The monoisotopic (exact) mass is 412 g/mol. The molecule has 0 aliphatic heterocycles. The molecule has 0 aliphatic carbocycles. The van der Waals surface area contributed by atoms with E-state index in [4.69, 9.17) is 8.37 Å². The Kier molecular flexibility index (Phi) is 6.47. The third-order valence-corrected chi connectivity index (χ3v) is 6.38. The van der Waals surface area contributed by atoms with E-state index in [2.05, 4.69) is 0 Å². The Bertz CT molecular complexity index is 892. The molecule has 2 aromatic carbocycles. The van der Waals surface area contributed by atoms with E-state index in [0.717, 1.165) is 11.1 Å². The van der Waals surface area contributed by atoms with Gasteiger partial charge in [-0.2, -0.15) is 16.8 Å². The van der Waals surface area contributed by atoms with Gasteiger partial charge in [0.1, 0.15) is 0 Å². The summed E-state index contributed by atoms with van der Waals surface area (Å²) in [5.41, 5.74) is 1.03. The second kappa shape index (κ2) is 8.10. The van der Waals surface area contributed by atoms with Crippen molar-refractivity contribution in [2.45, 2.75) is 37.5 Å². The fraction of sp³-hybridized carbons (Fsp3) is 0.368. The van der Waals surface area contributed by atoms with Gasteiger partial charge >= 0.3 is 0 Å². The van der Waals surface area contributed by atoms with Gasteiger partial charge in [-0.05, 0) is 38.1 Å². The zero-order valence-electron chi connectivity index (χ0n) is 15.8. The molecular weight excluding hydrogens is 388 g/mol. The van der Waals surface area contributed by atoms with Gasteiger partial charge in [-0.1, -0.05) is 49.2 Å². The van der Waals surface area contributed by atoms with E-state index in [1.807, 2.05) is 13.8 Å². The van der Waals surface area contributed by atoms with Crippen molar-refractivity contribution in [2.24, 2.45) is 5.41 Å². The Morgan fingerprint density at radius 1 is 0.667 bits per heavy atom. The zero-order chi connectivity index (χ0) is 20.3. The second-order valence-electron chi connectivity index (χ2n) is 7.22. The molecule has 0 heterocycles. The quantitative estimate of drug-likeness (QED) is 0.617. The summed E-state index contributed by atoms with van der Waals surface area (Å²) in [5.74, 6) is 0. The van der Waals surface area contributed by atoms with E-state index in [0.29, 0.717) is 0 Å². The summed E-state index contributed by atoms with van der Waals surface area (Å²) in [6, 6.07) is 12.6. The lowest BCUT2D eigenvalue weighted by molar-refractivity contribution is 0.117. The molecule has 0 bridgehead atoms. The molecule has 148 valence electrons. The molecule has 0 N–H and O–H groups in total. The number of aryl methyl sites for hydroxylation is 2. The van der Waals surface area contributed by atoms with Crippen molar-refractivity contribution >= 4 is 20.2 Å². The molecule has 0 unspecified atom stereocenters. The second-order valence-corrected chi connectivity index (χ2v) is 10.5. The molecule has 0 radical (unpaired) electrons. The van der Waals surface area contributed by atoms with Crippen LogP contribution in [0.15, 0.2) is 58.3 Å². The summed E-state index contributed by atoms with van der Waals surface area (Å²) in [7, 11) is -7.85. The molecule has 0 saturated carbocycles. The van der Waals surface area contributed by atoms with Gasteiger partial charge in [-0.3, -0.25) is 8.37 Å². The highest BCUT2D eigenvalue weighted by atomic mass is 32.2. The number of hydrogen-bond acceptors (Lipinski definition) is 6. The summed E-state index contributed by atoms with van der Waals surface area (Å²) < 4.78 is 59.3. The molecule has 0 aliphatic rings. The van der Waals surface area contributed by atoms with Crippen LogP contribution in [-0.2, 0) is 28.6 Å². The van der Waals surface area contributed by atoms with Crippen LogP contribution in [0, 0.1) is 19.3 Å². The predicted molar refractivity (Wildman–Crippen MR) is 102 cm³/mol. The van der Waals surface area contributed by atoms with E-state index in [1.54, 1.807) is 38.1 Å². The summed E-state index contributed by atoms with van der Waals surface area (Å²) >= 11 is 0. The lowest BCUT2D eigenvalue weighted by atomic mass is 9.97. The first-order valence-corrected chi connectivity index (χ1v) is 11.2. The van der Waals surface area contributed by atoms with Crippen LogP contribution in [0.25, 0.3) is 0 Å². The summed E-state index contributed by atoms with van der Waals surface area (Å²) in [6.07, 6.45) is 0. The molecular formula is C19H24O6S2. The van der Waals surface area contributed by atoms with Crippen LogP contribution < -0.4 is 0 Å². The highest BCUT2D eigenvalue weighted by Crippen LogP contribution is 2.23. The highest BCUT2D eigenvalue weighted by molar-refractivity contribution is 7.87. The van der Waals surface area contributed by atoms with Gasteiger partial charge in [0.05, 0.1) is 23.0 Å². The number of benzene rings is 2. The summed E-state index contributed by atoms with van der Waals surface area (Å²) in [6.45, 7) is 6.61. The summed E-state index contributed by atoms with van der Waals surface area (Å²) in [5, 5.41) is 0. The first-order valence-electron chi connectivity index (χ1n) is 8.34. The Balaban J connectivity index is 2.00. The Labute approximate surface area is 161 Å². The Hall–Kier alpha value is -1.74. The van der Waals surface area contributed by atoms with Crippen molar-refractivity contribution in [2.75, 3.05) is 13.2 Å². The topological polar surface area (TPSA) is 86.7 Å². The fourth-order valence-electron chi connectivity index (χ4n) is 2.06. The number of hydrogen-bond donors (Lipinski definition) is 0. The minimum atomic E-state index is -3.93. The van der Waals surface area contributed by atoms with Crippen LogP contribution in [0.2, 0.25) is 0 Å². The van der Waals surface area contributed by atoms with Crippen molar-refractivity contribution in [3.63, 3.8) is 0 Å². The van der Waals surface area contributed by atoms with Gasteiger partial charge < -0.3 is 0 Å². The third-order valence-electron chi connectivity index (χ3n) is 3.83. The average molecular weight is 413 g/mol. The molecule has 0 atom stereocenters. The minimum Gasteiger partial charge on any atom is -0.266 e. The predicted octanol–water partition coefficient (Wildman–Crippen LogP) is 3.44. The highest BCUT2D eigenvalue weighted by Gasteiger charge is 2.27. The lowest BCUT2D eigenvalue weighted by Crippen LogP contribution is -2.28. The Morgan fingerprint density at radius 3 is 1.26 bits per heavy atom. The van der Waals surface area contributed by atoms with Crippen molar-refractivity contribution in [3.05, 3.63) is 59.7 Å². The number of rotatable bonds is 8. The maximum atomic E-state index is 12.3. The Morgan fingerprint density at radius 2 is 0.963 bits per heavy atom. The van der Waals surface area contributed by atoms with Gasteiger partial charge in [0, 0.05) is 5.41 Å². The fourth-order valence-corrected chi connectivity index (χ4v) is 4.22. The molecule has 0 spiro atoms. The molecule has 0 amide bonds. The minimum absolute atomic E-state index is 0.0529. The van der Waals surface area contributed by atoms with Crippen LogP contribution in [0.1, 0.15) is 25.0 Å². The first kappa shape index (κ1) is 21.6. The molecule has 2 rings (SSSR count). The molecule has 0 saturated heterocycles. The van der Waals surface area contributed by atoms with Crippen LogP contribution >= 0.6 is 0 Å². The average Bonchev–Trinajstić information content (AvgIpc) is 2.60. The largest absolute Gasteiger partial charge is 0.296 e. The van der Waals surface area contributed by atoms with Crippen LogP contribution in [0.5, 0.6) is 0 Å². The summed E-state index contributed by atoms with van der Waals surface area (Å²) in [4.78, 5) is 0.106. The van der Waals surface area contributed by atoms with Gasteiger partial charge in [0.25, 0.3) is 20.2 Å². The van der Waals surface area contributed by atoms with Gasteiger partial charge in [0.2, 0.25) is 0 Å². The molecule has 6 nitrogen and oxygen atoms in total. The molecule has 0 fully saturated rings. The third kappa shape index (κ3) is 6.14. The van der Waals surface area contributed by atoms with Crippen molar-refractivity contribution in [1.82, 2.24) is 0 Å². The standard InChI is InChI=1S/C19H24O6S2/c1-15-5-9-17(10-6-15)26(20,21)24-13-19(3,4)14-25-27(22,23)18-11-7-16(2)8-12-18/h5-12H,13-14H2,1-4H3. The van der Waals surface area contributed by atoms with Gasteiger partial charge in [0.15, 0.2) is 0 Å². The molecule has 27 heavy (non-hydrogen) atoms. The van der Waals surface area contributed by atoms with Crippen LogP contribution in [0.3, 0.4) is 0 Å². The van der Waals surface area contributed by atoms with Gasteiger partial charge in [-0.25, -0.2) is 0 Å². The molecule has 2 aromatic rings. The normalized spacial score (nSPS) is 12.9. The lowest BCUT2D eigenvalue weighted by Gasteiger charge is -2.23.